The van der Waals surface area contributed by atoms with Crippen molar-refractivity contribution in [1.82, 2.24) is 0 Å². The number of rotatable bonds is 6. The van der Waals surface area contributed by atoms with Crippen molar-refractivity contribution in [3.05, 3.63) is 57.1 Å². The Morgan fingerprint density at radius 3 is 2.56 bits per heavy atom. The number of Topliss-reactive ketones (excluding diaryl/α,β-unsaturated/α-hetero) is 1. The van der Waals surface area contributed by atoms with Gasteiger partial charge in [-0.2, -0.15) is 0 Å². The summed E-state index contributed by atoms with van der Waals surface area (Å²) in [6.07, 6.45) is 0.652. The van der Waals surface area contributed by atoms with Crippen LogP contribution in [-0.2, 0) is 4.79 Å². The fourth-order valence-corrected chi connectivity index (χ4v) is 4.04. The molecule has 1 heterocycles. The van der Waals surface area contributed by atoms with E-state index >= 15 is 0 Å². The summed E-state index contributed by atoms with van der Waals surface area (Å²) in [4.78, 5) is 26.3. The summed E-state index contributed by atoms with van der Waals surface area (Å²) >= 11 is 3.39. The molecule has 0 bridgehead atoms. The van der Waals surface area contributed by atoms with Gasteiger partial charge in [0.2, 0.25) is 0 Å². The largest absolute Gasteiger partial charge is 0.493 e. The molecule has 0 radical (unpaired) electrons. The van der Waals surface area contributed by atoms with Crippen LogP contribution in [0.4, 0.5) is 5.69 Å². The molecule has 0 unspecified atom stereocenters. The zero-order valence-corrected chi connectivity index (χ0v) is 17.7. The molecule has 0 aromatic heterocycles. The summed E-state index contributed by atoms with van der Waals surface area (Å²) in [5, 5.41) is 0. The SMILES string of the molecule is Cc1ccc(C(C)C)c(OCCCN2C(=O)C(=O)c3cc(Br)cc(C)c32)c1. The van der Waals surface area contributed by atoms with Crippen LogP contribution < -0.4 is 9.64 Å². The van der Waals surface area contributed by atoms with Gasteiger partial charge in [0.25, 0.3) is 11.7 Å². The average Bonchev–Trinajstić information content (AvgIpc) is 2.83. The first-order valence-corrected chi connectivity index (χ1v) is 9.98. The molecule has 0 N–H and O–H groups in total. The van der Waals surface area contributed by atoms with Crippen molar-refractivity contribution in [2.45, 2.75) is 40.0 Å². The van der Waals surface area contributed by atoms with E-state index in [1.807, 2.05) is 19.9 Å². The number of hydrogen-bond donors (Lipinski definition) is 0. The van der Waals surface area contributed by atoms with E-state index in [9.17, 15) is 9.59 Å². The molecule has 27 heavy (non-hydrogen) atoms. The highest BCUT2D eigenvalue weighted by Gasteiger charge is 2.36. The highest BCUT2D eigenvalue weighted by Crippen LogP contribution is 2.35. The molecule has 5 heteroatoms. The van der Waals surface area contributed by atoms with Gasteiger partial charge in [0.05, 0.1) is 17.9 Å². The molecule has 0 spiro atoms. The summed E-state index contributed by atoms with van der Waals surface area (Å²) in [6.45, 7) is 9.20. The van der Waals surface area contributed by atoms with Crippen LogP contribution in [0.15, 0.2) is 34.8 Å². The number of halogens is 1. The standard InChI is InChI=1S/C22H24BrNO3/c1-13(2)17-7-6-14(3)10-19(17)27-9-5-8-24-20-15(4)11-16(23)12-18(20)21(25)22(24)26/h6-7,10-13H,5,8-9H2,1-4H3. The molecule has 1 amide bonds. The van der Waals surface area contributed by atoms with Crippen LogP contribution in [0.1, 0.15) is 53.2 Å². The molecular formula is C22H24BrNO3. The van der Waals surface area contributed by atoms with Crippen LogP contribution in [-0.4, -0.2) is 24.8 Å². The van der Waals surface area contributed by atoms with Gasteiger partial charge in [-0.3, -0.25) is 9.59 Å². The second-order valence-electron chi connectivity index (χ2n) is 7.30. The van der Waals surface area contributed by atoms with E-state index in [0.29, 0.717) is 31.1 Å². The highest BCUT2D eigenvalue weighted by molar-refractivity contribution is 9.10. The number of ether oxygens (including phenoxy) is 1. The molecular weight excluding hydrogens is 406 g/mol. The molecule has 1 aliphatic heterocycles. The molecule has 0 saturated carbocycles. The van der Waals surface area contributed by atoms with E-state index in [1.165, 1.54) is 5.56 Å². The van der Waals surface area contributed by atoms with Crippen molar-refractivity contribution in [3.63, 3.8) is 0 Å². The molecule has 3 rings (SSSR count). The Bertz CT molecular complexity index is 905. The topological polar surface area (TPSA) is 46.6 Å². The number of hydrogen-bond acceptors (Lipinski definition) is 3. The molecule has 2 aromatic carbocycles. The van der Waals surface area contributed by atoms with Crippen molar-refractivity contribution in [2.24, 2.45) is 0 Å². The predicted molar refractivity (Wildman–Crippen MR) is 111 cm³/mol. The van der Waals surface area contributed by atoms with Crippen molar-refractivity contribution in [1.29, 1.82) is 0 Å². The van der Waals surface area contributed by atoms with E-state index in [-0.39, 0.29) is 0 Å². The third-order valence-electron chi connectivity index (χ3n) is 4.79. The number of ketones is 1. The van der Waals surface area contributed by atoms with Crippen LogP contribution in [0, 0.1) is 13.8 Å². The van der Waals surface area contributed by atoms with Gasteiger partial charge in [-0.15, -0.1) is 0 Å². The molecule has 142 valence electrons. The maximum absolute atomic E-state index is 12.4. The minimum atomic E-state index is -0.454. The van der Waals surface area contributed by atoms with Crippen molar-refractivity contribution < 1.29 is 14.3 Å². The van der Waals surface area contributed by atoms with Crippen molar-refractivity contribution in [3.8, 4) is 5.75 Å². The van der Waals surface area contributed by atoms with E-state index in [4.69, 9.17) is 4.74 Å². The lowest BCUT2D eigenvalue weighted by molar-refractivity contribution is -0.114. The number of carbonyl (C=O) groups excluding carboxylic acids is 2. The first-order valence-electron chi connectivity index (χ1n) is 9.19. The Hall–Kier alpha value is -2.14. The quantitative estimate of drug-likeness (QED) is 0.468. The summed E-state index contributed by atoms with van der Waals surface area (Å²) in [5.41, 5.74) is 4.46. The van der Waals surface area contributed by atoms with Crippen LogP contribution in [0.3, 0.4) is 0 Å². The third kappa shape index (κ3) is 3.93. The average molecular weight is 430 g/mol. The summed E-state index contributed by atoms with van der Waals surface area (Å²) in [6, 6.07) is 9.90. The summed E-state index contributed by atoms with van der Waals surface area (Å²) < 4.78 is 6.82. The van der Waals surface area contributed by atoms with Crippen molar-refractivity contribution >= 4 is 33.3 Å². The monoisotopic (exact) mass is 429 g/mol. The molecule has 0 fully saturated rings. The Labute approximate surface area is 168 Å². The fraction of sp³-hybridized carbons (Fsp3) is 0.364. The number of anilines is 1. The van der Waals surface area contributed by atoms with Gasteiger partial charge in [-0.05, 0) is 61.1 Å². The minimum Gasteiger partial charge on any atom is -0.493 e. The molecule has 0 saturated heterocycles. The van der Waals surface area contributed by atoms with Crippen LogP contribution in [0.5, 0.6) is 5.75 Å². The second-order valence-corrected chi connectivity index (χ2v) is 8.22. The molecule has 2 aromatic rings. The van der Waals surface area contributed by atoms with Crippen LogP contribution >= 0.6 is 15.9 Å². The molecule has 0 aliphatic carbocycles. The predicted octanol–water partition coefficient (Wildman–Crippen LogP) is 5.19. The Kier molecular flexibility index (Phi) is 5.70. The van der Waals surface area contributed by atoms with Gasteiger partial charge < -0.3 is 9.64 Å². The van der Waals surface area contributed by atoms with E-state index in [0.717, 1.165) is 27.0 Å². The number of benzene rings is 2. The van der Waals surface area contributed by atoms with E-state index < -0.39 is 11.7 Å². The van der Waals surface area contributed by atoms with Crippen molar-refractivity contribution in [2.75, 3.05) is 18.1 Å². The van der Waals surface area contributed by atoms with Gasteiger partial charge in [-0.25, -0.2) is 0 Å². The number of nitrogens with zero attached hydrogens (tertiary/aromatic N) is 1. The molecule has 1 aliphatic rings. The zero-order valence-electron chi connectivity index (χ0n) is 16.1. The number of carbonyl (C=O) groups is 2. The second kappa shape index (κ2) is 7.85. The molecule has 4 nitrogen and oxygen atoms in total. The van der Waals surface area contributed by atoms with Crippen LogP contribution in [0.25, 0.3) is 0 Å². The number of amides is 1. The lowest BCUT2D eigenvalue weighted by Gasteiger charge is -2.19. The zero-order chi connectivity index (χ0) is 19.7. The van der Waals surface area contributed by atoms with Gasteiger partial charge in [0.15, 0.2) is 0 Å². The first-order chi connectivity index (χ1) is 12.8. The summed E-state index contributed by atoms with van der Waals surface area (Å²) in [7, 11) is 0. The maximum Gasteiger partial charge on any atom is 0.299 e. The van der Waals surface area contributed by atoms with Gasteiger partial charge >= 0.3 is 0 Å². The lowest BCUT2D eigenvalue weighted by atomic mass is 10.0. The Morgan fingerprint density at radius 1 is 1.11 bits per heavy atom. The van der Waals surface area contributed by atoms with Gasteiger partial charge in [0.1, 0.15) is 5.75 Å². The maximum atomic E-state index is 12.4. The third-order valence-corrected chi connectivity index (χ3v) is 5.25. The summed E-state index contributed by atoms with van der Waals surface area (Å²) in [5.74, 6) is 0.390. The van der Waals surface area contributed by atoms with E-state index in [2.05, 4.69) is 48.0 Å². The van der Waals surface area contributed by atoms with Gasteiger partial charge in [-0.1, -0.05) is 41.9 Å². The fourth-order valence-electron chi connectivity index (χ4n) is 3.47. The van der Waals surface area contributed by atoms with E-state index in [1.54, 1.807) is 11.0 Å². The minimum absolute atomic E-state index is 0.381. The number of fused-ring (bicyclic) bond motifs is 1. The number of aryl methyl sites for hydroxylation is 2. The highest BCUT2D eigenvalue weighted by atomic mass is 79.9. The Balaban J connectivity index is 1.68. The molecule has 0 atom stereocenters. The lowest BCUT2D eigenvalue weighted by Crippen LogP contribution is -2.31. The Morgan fingerprint density at radius 2 is 1.85 bits per heavy atom. The smallest absolute Gasteiger partial charge is 0.299 e. The normalized spacial score (nSPS) is 13.5. The van der Waals surface area contributed by atoms with Crippen LogP contribution in [0.2, 0.25) is 0 Å². The first kappa shape index (κ1) is 19.6. The van der Waals surface area contributed by atoms with Gasteiger partial charge in [0, 0.05) is 11.0 Å².